The second kappa shape index (κ2) is 4.68. The van der Waals surface area contributed by atoms with Gasteiger partial charge in [-0.05, 0) is 43.5 Å². The number of aliphatic hydroxyl groups excluding tert-OH is 1. The van der Waals surface area contributed by atoms with Crippen LogP contribution < -0.4 is 0 Å². The minimum atomic E-state index is 0.247. The molecule has 0 saturated carbocycles. The van der Waals surface area contributed by atoms with E-state index in [1.165, 1.54) is 21.6 Å². The zero-order valence-electron chi connectivity index (χ0n) is 8.42. The van der Waals surface area contributed by atoms with Crippen LogP contribution in [0.3, 0.4) is 0 Å². The Morgan fingerprint density at radius 2 is 1.85 bits per heavy atom. The fourth-order valence-electron chi connectivity index (χ4n) is 1.24. The number of thioether (sulfide) groups is 1. The van der Waals surface area contributed by atoms with E-state index in [-0.39, 0.29) is 6.61 Å². The standard InChI is InChI=1S/C11H16OS/c1-8-4-5-11(13-7-6-12)10(3)9(8)2/h4-5,12H,6-7H2,1-3H3. The minimum absolute atomic E-state index is 0.247. The Bertz CT molecular complexity index is 294. The van der Waals surface area contributed by atoms with Crippen LogP contribution in [0.1, 0.15) is 16.7 Å². The highest BCUT2D eigenvalue weighted by Crippen LogP contribution is 2.25. The number of rotatable bonds is 3. The molecule has 0 radical (unpaired) electrons. The summed E-state index contributed by atoms with van der Waals surface area (Å²) in [6.07, 6.45) is 0. The SMILES string of the molecule is Cc1ccc(SCCO)c(C)c1C. The molecule has 0 heterocycles. The molecule has 1 N–H and O–H groups in total. The van der Waals surface area contributed by atoms with Crippen molar-refractivity contribution < 1.29 is 5.11 Å². The summed E-state index contributed by atoms with van der Waals surface area (Å²) in [5.41, 5.74) is 4.05. The maximum atomic E-state index is 8.72. The first-order chi connectivity index (χ1) is 6.16. The van der Waals surface area contributed by atoms with E-state index >= 15 is 0 Å². The highest BCUT2D eigenvalue weighted by molar-refractivity contribution is 7.99. The van der Waals surface area contributed by atoms with Crippen LogP contribution in [0, 0.1) is 20.8 Å². The Morgan fingerprint density at radius 3 is 2.46 bits per heavy atom. The Morgan fingerprint density at radius 1 is 1.15 bits per heavy atom. The van der Waals surface area contributed by atoms with Crippen molar-refractivity contribution in [2.75, 3.05) is 12.4 Å². The third-order valence-corrected chi connectivity index (χ3v) is 3.50. The van der Waals surface area contributed by atoms with Crippen LogP contribution in [-0.2, 0) is 0 Å². The zero-order valence-corrected chi connectivity index (χ0v) is 9.24. The van der Waals surface area contributed by atoms with Crippen LogP contribution in [0.4, 0.5) is 0 Å². The molecule has 0 amide bonds. The molecule has 1 aromatic carbocycles. The molecule has 0 bridgehead atoms. The van der Waals surface area contributed by atoms with Crippen LogP contribution in [0.15, 0.2) is 17.0 Å². The molecule has 0 saturated heterocycles. The van der Waals surface area contributed by atoms with Gasteiger partial charge in [-0.25, -0.2) is 0 Å². The van der Waals surface area contributed by atoms with Gasteiger partial charge in [-0.15, -0.1) is 11.8 Å². The molecule has 0 fully saturated rings. The summed E-state index contributed by atoms with van der Waals surface area (Å²) < 4.78 is 0. The van der Waals surface area contributed by atoms with Crippen molar-refractivity contribution in [1.29, 1.82) is 0 Å². The molecular formula is C11H16OS. The monoisotopic (exact) mass is 196 g/mol. The van der Waals surface area contributed by atoms with Gasteiger partial charge in [0.1, 0.15) is 0 Å². The molecule has 2 heteroatoms. The number of aryl methyl sites for hydroxylation is 1. The predicted molar refractivity (Wildman–Crippen MR) is 58.5 cm³/mol. The second-order valence-corrected chi connectivity index (χ2v) is 4.34. The Labute approximate surface area is 84.2 Å². The van der Waals surface area contributed by atoms with Gasteiger partial charge in [0.15, 0.2) is 0 Å². The number of hydrogen-bond donors (Lipinski definition) is 1. The van der Waals surface area contributed by atoms with E-state index in [0.717, 1.165) is 5.75 Å². The first-order valence-electron chi connectivity index (χ1n) is 4.47. The van der Waals surface area contributed by atoms with E-state index in [2.05, 4.69) is 32.9 Å². The van der Waals surface area contributed by atoms with Crippen LogP contribution in [0.25, 0.3) is 0 Å². The minimum Gasteiger partial charge on any atom is -0.396 e. The maximum Gasteiger partial charge on any atom is 0.0525 e. The van der Waals surface area contributed by atoms with Crippen molar-refractivity contribution in [2.24, 2.45) is 0 Å². The molecule has 0 aliphatic rings. The van der Waals surface area contributed by atoms with Crippen molar-refractivity contribution in [3.8, 4) is 0 Å². The first kappa shape index (κ1) is 10.6. The van der Waals surface area contributed by atoms with Crippen LogP contribution >= 0.6 is 11.8 Å². The number of benzene rings is 1. The van der Waals surface area contributed by atoms with Crippen LogP contribution in [-0.4, -0.2) is 17.5 Å². The number of hydrogen-bond acceptors (Lipinski definition) is 2. The molecule has 72 valence electrons. The van der Waals surface area contributed by atoms with Crippen LogP contribution in [0.5, 0.6) is 0 Å². The number of aliphatic hydroxyl groups is 1. The van der Waals surface area contributed by atoms with Gasteiger partial charge in [0, 0.05) is 10.6 Å². The van der Waals surface area contributed by atoms with Gasteiger partial charge in [-0.2, -0.15) is 0 Å². The van der Waals surface area contributed by atoms with E-state index in [9.17, 15) is 0 Å². The molecule has 0 spiro atoms. The summed E-state index contributed by atoms with van der Waals surface area (Å²) in [7, 11) is 0. The van der Waals surface area contributed by atoms with E-state index in [0.29, 0.717) is 0 Å². The Balaban J connectivity index is 2.90. The van der Waals surface area contributed by atoms with E-state index in [1.807, 2.05) is 0 Å². The van der Waals surface area contributed by atoms with E-state index < -0.39 is 0 Å². The second-order valence-electron chi connectivity index (χ2n) is 3.20. The van der Waals surface area contributed by atoms with Gasteiger partial charge in [-0.1, -0.05) is 6.07 Å². The summed E-state index contributed by atoms with van der Waals surface area (Å²) in [6.45, 7) is 6.66. The van der Waals surface area contributed by atoms with Gasteiger partial charge < -0.3 is 5.11 Å². The van der Waals surface area contributed by atoms with Crippen molar-refractivity contribution in [3.63, 3.8) is 0 Å². The lowest BCUT2D eigenvalue weighted by Gasteiger charge is -2.09. The molecular weight excluding hydrogens is 180 g/mol. The quantitative estimate of drug-likeness (QED) is 0.750. The lowest BCUT2D eigenvalue weighted by molar-refractivity contribution is 0.322. The van der Waals surface area contributed by atoms with Crippen molar-refractivity contribution >= 4 is 11.8 Å². The van der Waals surface area contributed by atoms with Crippen molar-refractivity contribution in [3.05, 3.63) is 28.8 Å². The van der Waals surface area contributed by atoms with E-state index in [4.69, 9.17) is 5.11 Å². The first-order valence-corrected chi connectivity index (χ1v) is 5.46. The van der Waals surface area contributed by atoms with Gasteiger partial charge in [-0.3, -0.25) is 0 Å². The fraction of sp³-hybridized carbons (Fsp3) is 0.455. The summed E-state index contributed by atoms with van der Waals surface area (Å²) in [5.74, 6) is 0.781. The van der Waals surface area contributed by atoms with Gasteiger partial charge >= 0.3 is 0 Å². The molecule has 1 aromatic rings. The summed E-state index contributed by atoms with van der Waals surface area (Å²) in [4.78, 5) is 1.29. The average Bonchev–Trinajstić information content (AvgIpc) is 2.13. The lowest BCUT2D eigenvalue weighted by Crippen LogP contribution is -1.91. The molecule has 0 atom stereocenters. The molecule has 1 rings (SSSR count). The molecule has 0 aliphatic heterocycles. The van der Waals surface area contributed by atoms with Crippen LogP contribution in [0.2, 0.25) is 0 Å². The molecule has 0 aromatic heterocycles. The third kappa shape index (κ3) is 2.48. The molecule has 0 unspecified atom stereocenters. The lowest BCUT2D eigenvalue weighted by atomic mass is 10.1. The summed E-state index contributed by atoms with van der Waals surface area (Å²) >= 11 is 1.72. The van der Waals surface area contributed by atoms with Gasteiger partial charge in [0.2, 0.25) is 0 Å². The highest BCUT2D eigenvalue weighted by Gasteiger charge is 2.03. The summed E-state index contributed by atoms with van der Waals surface area (Å²) in [5, 5.41) is 8.72. The van der Waals surface area contributed by atoms with Gasteiger partial charge in [0.25, 0.3) is 0 Å². The molecule has 1 nitrogen and oxygen atoms in total. The normalized spacial score (nSPS) is 10.5. The Hall–Kier alpha value is -0.470. The van der Waals surface area contributed by atoms with Crippen molar-refractivity contribution in [2.45, 2.75) is 25.7 Å². The largest absolute Gasteiger partial charge is 0.396 e. The smallest absolute Gasteiger partial charge is 0.0525 e. The molecule has 0 aliphatic carbocycles. The highest BCUT2D eigenvalue weighted by atomic mass is 32.2. The maximum absolute atomic E-state index is 8.72. The predicted octanol–water partition coefficient (Wildman–Crippen LogP) is 2.70. The third-order valence-electron chi connectivity index (χ3n) is 2.36. The average molecular weight is 196 g/mol. The van der Waals surface area contributed by atoms with Crippen molar-refractivity contribution in [1.82, 2.24) is 0 Å². The topological polar surface area (TPSA) is 20.2 Å². The van der Waals surface area contributed by atoms with E-state index in [1.54, 1.807) is 11.8 Å². The fourth-order valence-corrected chi connectivity index (χ4v) is 2.09. The summed E-state index contributed by atoms with van der Waals surface area (Å²) in [6, 6.07) is 4.28. The van der Waals surface area contributed by atoms with Gasteiger partial charge in [0.05, 0.1) is 6.61 Å². The zero-order chi connectivity index (χ0) is 9.84. The Kier molecular flexibility index (Phi) is 3.82. The molecule has 13 heavy (non-hydrogen) atoms.